The molecule has 0 aliphatic carbocycles. The standard InChI is InChI=1S/C13H13BrO2/c14-13(16)6-2-9-1-3-11-8-12(15)5-4-10(11)7-9/h1,3-5,7-8,13,15-16H,2,6H2. The highest BCUT2D eigenvalue weighted by Crippen LogP contribution is 2.22. The maximum atomic E-state index is 9.34. The number of rotatable bonds is 3. The van der Waals surface area contributed by atoms with Crippen LogP contribution in [0.2, 0.25) is 0 Å². The van der Waals surface area contributed by atoms with Gasteiger partial charge in [-0.3, -0.25) is 0 Å². The highest BCUT2D eigenvalue weighted by atomic mass is 79.9. The van der Waals surface area contributed by atoms with Crippen LogP contribution in [-0.4, -0.2) is 15.2 Å². The predicted molar refractivity (Wildman–Crippen MR) is 68.9 cm³/mol. The van der Waals surface area contributed by atoms with Crippen molar-refractivity contribution < 1.29 is 10.2 Å². The van der Waals surface area contributed by atoms with Crippen molar-refractivity contribution in [3.63, 3.8) is 0 Å². The molecule has 1 unspecified atom stereocenters. The summed E-state index contributed by atoms with van der Waals surface area (Å²) in [5.41, 5.74) is 1.19. The number of hydrogen-bond acceptors (Lipinski definition) is 2. The lowest BCUT2D eigenvalue weighted by Crippen LogP contribution is -1.97. The van der Waals surface area contributed by atoms with Crippen LogP contribution in [0, 0.1) is 0 Å². The molecule has 0 aliphatic heterocycles. The van der Waals surface area contributed by atoms with Crippen molar-refractivity contribution in [3.05, 3.63) is 42.0 Å². The van der Waals surface area contributed by atoms with Gasteiger partial charge in [0.05, 0.1) is 0 Å². The van der Waals surface area contributed by atoms with E-state index in [0.29, 0.717) is 6.42 Å². The van der Waals surface area contributed by atoms with Crippen molar-refractivity contribution >= 4 is 26.7 Å². The predicted octanol–water partition coefficient (Wildman–Crippen LogP) is 3.19. The molecule has 16 heavy (non-hydrogen) atoms. The van der Waals surface area contributed by atoms with Crippen LogP contribution in [0.25, 0.3) is 10.8 Å². The van der Waals surface area contributed by atoms with Gasteiger partial charge in [-0.05, 0) is 41.3 Å². The molecule has 2 nitrogen and oxygen atoms in total. The average Bonchev–Trinajstić information content (AvgIpc) is 2.26. The Hall–Kier alpha value is -1.06. The maximum Gasteiger partial charge on any atom is 0.116 e. The van der Waals surface area contributed by atoms with Crippen LogP contribution in [0.4, 0.5) is 0 Å². The molecule has 0 spiro atoms. The number of benzene rings is 2. The Morgan fingerprint density at radius 2 is 1.75 bits per heavy atom. The van der Waals surface area contributed by atoms with Crippen LogP contribution in [0.15, 0.2) is 36.4 Å². The second kappa shape index (κ2) is 4.85. The van der Waals surface area contributed by atoms with Crippen molar-refractivity contribution in [2.45, 2.75) is 17.9 Å². The minimum atomic E-state index is -0.442. The van der Waals surface area contributed by atoms with E-state index in [1.54, 1.807) is 12.1 Å². The third-order valence-electron chi connectivity index (χ3n) is 2.56. The summed E-state index contributed by atoms with van der Waals surface area (Å²) >= 11 is 3.11. The van der Waals surface area contributed by atoms with E-state index < -0.39 is 5.01 Å². The third-order valence-corrected chi connectivity index (χ3v) is 3.02. The van der Waals surface area contributed by atoms with Gasteiger partial charge in [0, 0.05) is 0 Å². The number of aryl methyl sites for hydroxylation is 1. The van der Waals surface area contributed by atoms with E-state index in [2.05, 4.69) is 22.0 Å². The summed E-state index contributed by atoms with van der Waals surface area (Å²) in [5.74, 6) is 0.288. The van der Waals surface area contributed by atoms with Gasteiger partial charge in [0.25, 0.3) is 0 Å². The maximum absolute atomic E-state index is 9.34. The fourth-order valence-electron chi connectivity index (χ4n) is 1.72. The first-order chi connectivity index (χ1) is 7.65. The Bertz CT molecular complexity index is 494. The molecule has 0 heterocycles. The number of aliphatic hydroxyl groups excluding tert-OH is 1. The molecular formula is C13H13BrO2. The first-order valence-corrected chi connectivity index (χ1v) is 6.10. The minimum Gasteiger partial charge on any atom is -0.508 e. The lowest BCUT2D eigenvalue weighted by atomic mass is 10.0. The normalized spacial score (nSPS) is 12.9. The second-order valence-electron chi connectivity index (χ2n) is 3.84. The molecule has 84 valence electrons. The summed E-state index contributed by atoms with van der Waals surface area (Å²) < 4.78 is 0. The van der Waals surface area contributed by atoms with Crippen LogP contribution in [0.3, 0.4) is 0 Å². The zero-order chi connectivity index (χ0) is 11.5. The van der Waals surface area contributed by atoms with Crippen molar-refractivity contribution in [1.82, 2.24) is 0 Å². The summed E-state index contributed by atoms with van der Waals surface area (Å²) in [6, 6.07) is 11.4. The number of aliphatic hydroxyl groups is 1. The molecule has 2 aromatic carbocycles. The Labute approximate surface area is 103 Å². The van der Waals surface area contributed by atoms with Gasteiger partial charge in [-0.15, -0.1) is 0 Å². The van der Waals surface area contributed by atoms with Crippen molar-refractivity contribution in [2.75, 3.05) is 0 Å². The van der Waals surface area contributed by atoms with Gasteiger partial charge in [0.2, 0.25) is 0 Å². The molecule has 2 N–H and O–H groups in total. The lowest BCUT2D eigenvalue weighted by Gasteiger charge is -2.05. The van der Waals surface area contributed by atoms with Gasteiger partial charge in [0.15, 0.2) is 0 Å². The molecule has 0 aromatic heterocycles. The highest BCUT2D eigenvalue weighted by Gasteiger charge is 2.01. The van der Waals surface area contributed by atoms with Crippen molar-refractivity contribution in [2.24, 2.45) is 0 Å². The monoisotopic (exact) mass is 280 g/mol. The number of phenols is 1. The number of aromatic hydroxyl groups is 1. The number of halogens is 1. The fraction of sp³-hybridized carbons (Fsp3) is 0.231. The molecule has 0 amide bonds. The van der Waals surface area contributed by atoms with Crippen molar-refractivity contribution in [1.29, 1.82) is 0 Å². The molecule has 2 aromatic rings. The van der Waals surface area contributed by atoms with Crippen LogP contribution in [0.1, 0.15) is 12.0 Å². The summed E-state index contributed by atoms with van der Waals surface area (Å²) in [5, 5.41) is 20.2. The minimum absolute atomic E-state index is 0.288. The van der Waals surface area contributed by atoms with Gasteiger partial charge in [-0.2, -0.15) is 0 Å². The molecule has 0 radical (unpaired) electrons. The largest absolute Gasteiger partial charge is 0.508 e. The van der Waals surface area contributed by atoms with E-state index in [9.17, 15) is 5.11 Å². The number of phenolic OH excluding ortho intramolecular Hbond substituents is 1. The van der Waals surface area contributed by atoms with E-state index in [1.165, 1.54) is 5.56 Å². The van der Waals surface area contributed by atoms with Gasteiger partial charge in [0.1, 0.15) is 10.8 Å². The smallest absolute Gasteiger partial charge is 0.116 e. The SMILES string of the molecule is Oc1ccc2cc(CCC(O)Br)ccc2c1. The first kappa shape index (κ1) is 11.4. The fourth-order valence-corrected chi connectivity index (χ4v) is 1.95. The first-order valence-electron chi connectivity index (χ1n) is 5.19. The molecule has 0 bridgehead atoms. The summed E-state index contributed by atoms with van der Waals surface area (Å²) in [6.45, 7) is 0. The average molecular weight is 281 g/mol. The lowest BCUT2D eigenvalue weighted by molar-refractivity contribution is 0.260. The van der Waals surface area contributed by atoms with Gasteiger partial charge >= 0.3 is 0 Å². The van der Waals surface area contributed by atoms with Gasteiger partial charge < -0.3 is 10.2 Å². The molecule has 0 saturated heterocycles. The number of hydrogen-bond donors (Lipinski definition) is 2. The van der Waals surface area contributed by atoms with Crippen molar-refractivity contribution in [3.8, 4) is 5.75 Å². The van der Waals surface area contributed by atoms with Gasteiger partial charge in [-0.25, -0.2) is 0 Å². The van der Waals surface area contributed by atoms with Crippen LogP contribution in [0.5, 0.6) is 5.75 Å². The molecule has 0 fully saturated rings. The third kappa shape index (κ3) is 2.74. The Morgan fingerprint density at radius 1 is 1.06 bits per heavy atom. The highest BCUT2D eigenvalue weighted by molar-refractivity contribution is 9.09. The zero-order valence-electron chi connectivity index (χ0n) is 8.73. The van der Waals surface area contributed by atoms with E-state index in [1.807, 2.05) is 18.2 Å². The Morgan fingerprint density at radius 3 is 2.50 bits per heavy atom. The van der Waals surface area contributed by atoms with Gasteiger partial charge in [-0.1, -0.05) is 40.2 Å². The molecular weight excluding hydrogens is 268 g/mol. The molecule has 2 rings (SSSR count). The Kier molecular flexibility index (Phi) is 3.46. The quantitative estimate of drug-likeness (QED) is 0.848. The van der Waals surface area contributed by atoms with Crippen LogP contribution in [-0.2, 0) is 6.42 Å². The Balaban J connectivity index is 2.26. The number of fused-ring (bicyclic) bond motifs is 1. The second-order valence-corrected chi connectivity index (χ2v) is 4.90. The van der Waals surface area contributed by atoms with E-state index >= 15 is 0 Å². The summed E-state index contributed by atoms with van der Waals surface area (Å²) in [7, 11) is 0. The van der Waals surface area contributed by atoms with E-state index in [4.69, 9.17) is 5.11 Å². The molecule has 3 heteroatoms. The summed E-state index contributed by atoms with van der Waals surface area (Å²) in [4.78, 5) is 0. The number of alkyl halides is 1. The van der Waals surface area contributed by atoms with Crippen LogP contribution >= 0.6 is 15.9 Å². The zero-order valence-corrected chi connectivity index (χ0v) is 10.3. The topological polar surface area (TPSA) is 40.5 Å². The molecule has 0 aliphatic rings. The van der Waals surface area contributed by atoms with E-state index in [0.717, 1.165) is 17.2 Å². The van der Waals surface area contributed by atoms with Crippen LogP contribution < -0.4 is 0 Å². The summed E-state index contributed by atoms with van der Waals surface area (Å²) in [6.07, 6.45) is 1.53. The van der Waals surface area contributed by atoms with E-state index in [-0.39, 0.29) is 5.75 Å². The molecule has 1 atom stereocenters. The molecule has 0 saturated carbocycles.